The number of hydrogen-bond acceptors (Lipinski definition) is 6. The van der Waals surface area contributed by atoms with Crippen LogP contribution in [0.4, 0.5) is 0 Å². The lowest BCUT2D eigenvalue weighted by Crippen LogP contribution is -2.27. The van der Waals surface area contributed by atoms with E-state index in [9.17, 15) is 4.79 Å². The van der Waals surface area contributed by atoms with E-state index in [1.54, 1.807) is 0 Å². The molecule has 3 rings (SSSR count). The molecule has 1 saturated heterocycles. The molecule has 1 aromatic heterocycles. The number of likely N-dealkylation sites (tertiary alicyclic amines) is 1. The summed E-state index contributed by atoms with van der Waals surface area (Å²) >= 11 is 0. The minimum atomic E-state index is -0.242. The zero-order valence-corrected chi connectivity index (χ0v) is 13.1. The highest BCUT2D eigenvalue weighted by Crippen LogP contribution is 2.22. The summed E-state index contributed by atoms with van der Waals surface area (Å²) in [7, 11) is 0. The van der Waals surface area contributed by atoms with Gasteiger partial charge in [-0.1, -0.05) is 5.16 Å². The van der Waals surface area contributed by atoms with Gasteiger partial charge < -0.3 is 15.0 Å². The highest BCUT2D eigenvalue weighted by Gasteiger charge is 2.27. The topological polar surface area (TPSA) is 94.5 Å². The molecule has 1 atom stereocenters. The molecule has 7 heteroatoms. The molecular weight excluding hydrogens is 296 g/mol. The summed E-state index contributed by atoms with van der Waals surface area (Å²) in [6.07, 6.45) is 0.787. The first kappa shape index (κ1) is 15.5. The highest BCUT2D eigenvalue weighted by molar-refractivity contribution is 5.77. The predicted octanol–water partition coefficient (Wildman–Crippen LogP) is 1.44. The molecule has 0 aliphatic carbocycles. The van der Waals surface area contributed by atoms with Crippen LogP contribution in [0.3, 0.4) is 0 Å². The van der Waals surface area contributed by atoms with Crippen molar-refractivity contribution in [2.45, 2.75) is 19.9 Å². The Morgan fingerprint density at radius 1 is 1.43 bits per heavy atom. The predicted molar refractivity (Wildman–Crippen MR) is 83.5 cm³/mol. The normalized spacial score (nSPS) is 18.2. The van der Waals surface area contributed by atoms with E-state index < -0.39 is 0 Å². The first-order valence-electron chi connectivity index (χ1n) is 7.73. The number of primary amides is 1. The number of nitrogens with zero attached hydrogens (tertiary/aromatic N) is 3. The van der Waals surface area contributed by atoms with E-state index in [1.165, 1.54) is 0 Å². The van der Waals surface area contributed by atoms with Crippen LogP contribution in [-0.2, 0) is 11.3 Å². The van der Waals surface area contributed by atoms with Crippen molar-refractivity contribution in [1.29, 1.82) is 0 Å². The van der Waals surface area contributed by atoms with E-state index in [4.69, 9.17) is 15.0 Å². The maximum Gasteiger partial charge on any atom is 0.241 e. The van der Waals surface area contributed by atoms with Crippen LogP contribution in [-0.4, -0.2) is 40.6 Å². The Bertz CT molecular complexity index is 668. The lowest BCUT2D eigenvalue weighted by atomic mass is 10.1. The third-order valence-electron chi connectivity index (χ3n) is 3.93. The van der Waals surface area contributed by atoms with E-state index in [1.807, 2.05) is 31.2 Å². The van der Waals surface area contributed by atoms with Gasteiger partial charge in [0.15, 0.2) is 0 Å². The number of carbonyl (C=O) groups is 1. The van der Waals surface area contributed by atoms with Crippen LogP contribution in [0.25, 0.3) is 11.4 Å². The van der Waals surface area contributed by atoms with E-state index in [0.717, 1.165) is 24.3 Å². The van der Waals surface area contributed by atoms with Gasteiger partial charge in [-0.25, -0.2) is 0 Å². The average Bonchev–Trinajstić information content (AvgIpc) is 3.18. The van der Waals surface area contributed by atoms with Gasteiger partial charge in [0.05, 0.1) is 19.1 Å². The number of carbonyl (C=O) groups excluding carboxylic acids is 1. The van der Waals surface area contributed by atoms with Crippen molar-refractivity contribution in [3.8, 4) is 17.1 Å². The molecule has 0 spiro atoms. The maximum absolute atomic E-state index is 11.2. The van der Waals surface area contributed by atoms with Gasteiger partial charge in [0.1, 0.15) is 5.75 Å². The summed E-state index contributed by atoms with van der Waals surface area (Å²) in [5, 5.41) is 4.01. The number of hydrogen-bond donors (Lipinski definition) is 1. The summed E-state index contributed by atoms with van der Waals surface area (Å²) < 4.78 is 10.7. The first-order valence-corrected chi connectivity index (χ1v) is 7.73. The Hall–Kier alpha value is -2.41. The van der Waals surface area contributed by atoms with Crippen LogP contribution in [0.15, 0.2) is 28.8 Å². The van der Waals surface area contributed by atoms with Crippen LogP contribution in [0.1, 0.15) is 19.2 Å². The molecule has 2 N–H and O–H groups in total. The van der Waals surface area contributed by atoms with Gasteiger partial charge in [0, 0.05) is 12.1 Å². The Morgan fingerprint density at radius 3 is 2.87 bits per heavy atom. The fourth-order valence-corrected chi connectivity index (χ4v) is 2.70. The Morgan fingerprint density at radius 2 is 2.22 bits per heavy atom. The molecule has 0 bridgehead atoms. The zero-order valence-electron chi connectivity index (χ0n) is 13.1. The van der Waals surface area contributed by atoms with Crippen LogP contribution < -0.4 is 10.5 Å². The van der Waals surface area contributed by atoms with Crippen LogP contribution >= 0.6 is 0 Å². The number of ether oxygens (including phenoxy) is 1. The van der Waals surface area contributed by atoms with Gasteiger partial charge in [0.2, 0.25) is 17.6 Å². The summed E-state index contributed by atoms with van der Waals surface area (Å²) in [6, 6.07) is 7.57. The van der Waals surface area contributed by atoms with E-state index in [2.05, 4.69) is 15.0 Å². The quantitative estimate of drug-likeness (QED) is 0.866. The van der Waals surface area contributed by atoms with Gasteiger partial charge in [-0.3, -0.25) is 9.69 Å². The summed E-state index contributed by atoms with van der Waals surface area (Å²) in [5.74, 6) is 1.58. The largest absolute Gasteiger partial charge is 0.494 e. The smallest absolute Gasteiger partial charge is 0.241 e. The molecule has 122 valence electrons. The molecule has 0 saturated carbocycles. The molecule has 7 nitrogen and oxygen atoms in total. The van der Waals surface area contributed by atoms with Gasteiger partial charge >= 0.3 is 0 Å². The molecule has 1 amide bonds. The molecule has 2 aromatic rings. The molecule has 1 fully saturated rings. The number of nitrogens with two attached hydrogens (primary N) is 1. The highest BCUT2D eigenvalue weighted by atomic mass is 16.5. The molecule has 1 aliphatic heterocycles. The van der Waals surface area contributed by atoms with Crippen LogP contribution in [0.2, 0.25) is 0 Å². The number of aromatic nitrogens is 2. The standard InChI is InChI=1S/C16H20N4O3/c1-2-22-13-5-3-11(4-6-13)16-18-14(23-19-16)10-20-8-7-12(9-20)15(17)21/h3-6,12H,2,7-10H2,1H3,(H2,17,21)/t12-/m0/s1. The van der Waals surface area contributed by atoms with Crippen LogP contribution in [0, 0.1) is 5.92 Å². The summed E-state index contributed by atoms with van der Waals surface area (Å²) in [5.41, 5.74) is 6.21. The monoisotopic (exact) mass is 316 g/mol. The van der Waals surface area contributed by atoms with Crippen LogP contribution in [0.5, 0.6) is 5.75 Å². The van der Waals surface area contributed by atoms with Crippen molar-refractivity contribution in [2.75, 3.05) is 19.7 Å². The van der Waals surface area contributed by atoms with Gasteiger partial charge in [0.25, 0.3) is 0 Å². The Labute approximate surface area is 134 Å². The number of rotatable bonds is 6. The van der Waals surface area contributed by atoms with E-state index >= 15 is 0 Å². The third kappa shape index (κ3) is 3.68. The Kier molecular flexibility index (Phi) is 4.57. The third-order valence-corrected chi connectivity index (χ3v) is 3.93. The van der Waals surface area contributed by atoms with Crippen molar-refractivity contribution in [3.05, 3.63) is 30.2 Å². The lowest BCUT2D eigenvalue weighted by Gasteiger charge is -2.11. The summed E-state index contributed by atoms with van der Waals surface area (Å²) in [6.45, 7) is 4.58. The molecule has 1 aliphatic rings. The second-order valence-electron chi connectivity index (χ2n) is 5.59. The zero-order chi connectivity index (χ0) is 16.2. The lowest BCUT2D eigenvalue weighted by molar-refractivity contribution is -0.121. The number of benzene rings is 1. The van der Waals surface area contributed by atoms with Crippen molar-refractivity contribution in [3.63, 3.8) is 0 Å². The molecule has 2 heterocycles. The van der Waals surface area contributed by atoms with Gasteiger partial charge in [-0.05, 0) is 44.2 Å². The fourth-order valence-electron chi connectivity index (χ4n) is 2.70. The minimum absolute atomic E-state index is 0.0801. The van der Waals surface area contributed by atoms with Crippen molar-refractivity contribution < 1.29 is 14.1 Å². The molecule has 1 aromatic carbocycles. The van der Waals surface area contributed by atoms with Gasteiger partial charge in [-0.15, -0.1) is 0 Å². The van der Waals surface area contributed by atoms with Crippen molar-refractivity contribution in [1.82, 2.24) is 15.0 Å². The Balaban J connectivity index is 1.63. The SMILES string of the molecule is CCOc1ccc(-c2noc(CN3CC[C@H](C(N)=O)C3)n2)cc1. The van der Waals surface area contributed by atoms with Gasteiger partial charge in [-0.2, -0.15) is 4.98 Å². The first-order chi connectivity index (χ1) is 11.2. The number of amides is 1. The average molecular weight is 316 g/mol. The van der Waals surface area contributed by atoms with Crippen molar-refractivity contribution in [2.24, 2.45) is 11.7 Å². The molecular formula is C16H20N4O3. The fraction of sp³-hybridized carbons (Fsp3) is 0.438. The molecule has 0 radical (unpaired) electrons. The van der Waals surface area contributed by atoms with E-state index in [-0.39, 0.29) is 11.8 Å². The maximum atomic E-state index is 11.2. The molecule has 0 unspecified atom stereocenters. The second-order valence-corrected chi connectivity index (χ2v) is 5.59. The molecule has 23 heavy (non-hydrogen) atoms. The minimum Gasteiger partial charge on any atom is -0.494 e. The van der Waals surface area contributed by atoms with Crippen molar-refractivity contribution >= 4 is 5.91 Å². The van der Waals surface area contributed by atoms with E-state index in [0.29, 0.717) is 31.4 Å². The summed E-state index contributed by atoms with van der Waals surface area (Å²) in [4.78, 5) is 17.7. The second kappa shape index (κ2) is 6.78.